The van der Waals surface area contributed by atoms with E-state index in [1.54, 1.807) is 0 Å². The molecule has 0 amide bonds. The average Bonchev–Trinajstić information content (AvgIpc) is 2.44. The molecule has 0 aromatic heterocycles. The van der Waals surface area contributed by atoms with Gasteiger partial charge in [0, 0.05) is 12.6 Å². The van der Waals surface area contributed by atoms with Crippen molar-refractivity contribution in [3.8, 4) is 5.75 Å². The number of phenolic OH excluding ortho intramolecular Hbond substituents is 1. The van der Waals surface area contributed by atoms with E-state index in [2.05, 4.69) is 11.8 Å². The van der Waals surface area contributed by atoms with Gasteiger partial charge in [0.1, 0.15) is 0 Å². The van der Waals surface area contributed by atoms with Crippen molar-refractivity contribution in [3.63, 3.8) is 0 Å². The summed E-state index contributed by atoms with van der Waals surface area (Å²) >= 11 is 0. The molecule has 0 heterocycles. The Hall–Kier alpha value is -1.16. The van der Waals surface area contributed by atoms with Crippen LogP contribution in [0.1, 0.15) is 44.6 Å². The molecule has 1 aliphatic carbocycles. The third-order valence-corrected chi connectivity index (χ3v) is 4.53. The van der Waals surface area contributed by atoms with Crippen LogP contribution in [0, 0.1) is 17.6 Å². The van der Waals surface area contributed by atoms with Crippen LogP contribution in [-0.4, -0.2) is 23.1 Å². The lowest BCUT2D eigenvalue weighted by Crippen LogP contribution is -2.34. The molecule has 1 aromatic carbocycles. The molecule has 1 saturated carbocycles. The molecule has 2 rings (SSSR count). The maximum absolute atomic E-state index is 13.3. The number of aromatic hydroxyl groups is 1. The van der Waals surface area contributed by atoms with Crippen molar-refractivity contribution in [1.29, 1.82) is 0 Å². The first-order valence-electron chi connectivity index (χ1n) is 7.38. The molecule has 112 valence electrons. The van der Waals surface area contributed by atoms with Crippen LogP contribution in [-0.2, 0) is 6.54 Å². The van der Waals surface area contributed by atoms with Crippen LogP contribution in [0.3, 0.4) is 0 Å². The quantitative estimate of drug-likeness (QED) is 0.900. The lowest BCUT2D eigenvalue weighted by Gasteiger charge is -2.34. The van der Waals surface area contributed by atoms with E-state index >= 15 is 0 Å². The lowest BCUT2D eigenvalue weighted by atomic mass is 9.84. The van der Waals surface area contributed by atoms with Crippen LogP contribution in [0.2, 0.25) is 0 Å². The highest BCUT2D eigenvalue weighted by Gasteiger charge is 2.23. The fourth-order valence-electron chi connectivity index (χ4n) is 3.12. The number of phenols is 1. The Morgan fingerprint density at radius 2 is 1.70 bits per heavy atom. The molecule has 0 saturated heterocycles. The molecule has 0 spiro atoms. The average molecular weight is 283 g/mol. The molecule has 1 fully saturated rings. The summed E-state index contributed by atoms with van der Waals surface area (Å²) in [5.74, 6) is -1.82. The maximum Gasteiger partial charge on any atom is 0.187 e. The molecule has 0 atom stereocenters. The fraction of sp³-hybridized carbons (Fsp3) is 0.625. The van der Waals surface area contributed by atoms with Crippen LogP contribution >= 0.6 is 0 Å². The number of nitrogens with zero attached hydrogens (tertiary/aromatic N) is 1. The summed E-state index contributed by atoms with van der Waals surface area (Å²) < 4.78 is 26.6. The van der Waals surface area contributed by atoms with Gasteiger partial charge in [0.15, 0.2) is 17.4 Å². The summed E-state index contributed by atoms with van der Waals surface area (Å²) in [5, 5.41) is 9.11. The van der Waals surface area contributed by atoms with Crippen LogP contribution in [0.25, 0.3) is 0 Å². The predicted molar refractivity (Wildman–Crippen MR) is 75.5 cm³/mol. The fourth-order valence-corrected chi connectivity index (χ4v) is 3.12. The van der Waals surface area contributed by atoms with E-state index in [1.165, 1.54) is 31.4 Å². The molecule has 1 aliphatic rings. The zero-order chi connectivity index (χ0) is 14.7. The van der Waals surface area contributed by atoms with Gasteiger partial charge in [0.2, 0.25) is 0 Å². The second kappa shape index (κ2) is 6.53. The summed E-state index contributed by atoms with van der Waals surface area (Å²) in [6.07, 6.45) is 6.02. The molecule has 0 bridgehead atoms. The minimum Gasteiger partial charge on any atom is -0.503 e. The topological polar surface area (TPSA) is 23.5 Å². The van der Waals surface area contributed by atoms with Crippen molar-refractivity contribution in [1.82, 2.24) is 4.90 Å². The Kier molecular flexibility index (Phi) is 4.97. The largest absolute Gasteiger partial charge is 0.503 e. The lowest BCUT2D eigenvalue weighted by molar-refractivity contribution is 0.157. The SMILES string of the molecule is CCC1CCC(N(C)Cc2cc(F)c(O)c(F)c2)CC1. The molecule has 1 N–H and O–H groups in total. The summed E-state index contributed by atoms with van der Waals surface area (Å²) in [6.45, 7) is 2.74. The van der Waals surface area contributed by atoms with E-state index in [1.807, 2.05) is 7.05 Å². The van der Waals surface area contributed by atoms with Gasteiger partial charge in [-0.2, -0.15) is 0 Å². The summed E-state index contributed by atoms with van der Waals surface area (Å²) in [7, 11) is 2.00. The zero-order valence-electron chi connectivity index (χ0n) is 12.2. The Labute approximate surface area is 119 Å². The molecule has 1 aromatic rings. The number of halogens is 2. The zero-order valence-corrected chi connectivity index (χ0v) is 12.2. The first-order valence-corrected chi connectivity index (χ1v) is 7.38. The standard InChI is InChI=1S/C16H23F2NO/c1-3-11-4-6-13(7-5-11)19(2)10-12-8-14(17)16(20)15(18)9-12/h8-9,11,13,20H,3-7,10H2,1-2H3. The van der Waals surface area contributed by atoms with E-state index in [4.69, 9.17) is 5.11 Å². The van der Waals surface area contributed by atoms with Gasteiger partial charge in [-0.15, -0.1) is 0 Å². The Bertz CT molecular complexity index is 433. The molecule has 0 radical (unpaired) electrons. The highest BCUT2D eigenvalue weighted by atomic mass is 19.1. The van der Waals surface area contributed by atoms with Crippen molar-refractivity contribution in [2.75, 3.05) is 7.05 Å². The van der Waals surface area contributed by atoms with Gasteiger partial charge in [0.05, 0.1) is 0 Å². The van der Waals surface area contributed by atoms with Gasteiger partial charge >= 0.3 is 0 Å². The monoisotopic (exact) mass is 283 g/mol. The van der Waals surface area contributed by atoms with Gasteiger partial charge in [-0.3, -0.25) is 4.90 Å². The summed E-state index contributed by atoms with van der Waals surface area (Å²) in [5.41, 5.74) is 0.568. The summed E-state index contributed by atoms with van der Waals surface area (Å²) in [4.78, 5) is 2.16. The number of hydrogen-bond acceptors (Lipinski definition) is 2. The molecule has 2 nitrogen and oxygen atoms in total. The third kappa shape index (κ3) is 3.48. The highest BCUT2D eigenvalue weighted by molar-refractivity contribution is 5.30. The van der Waals surface area contributed by atoms with Crippen molar-refractivity contribution < 1.29 is 13.9 Å². The minimum atomic E-state index is -0.889. The first kappa shape index (κ1) is 15.2. The Balaban J connectivity index is 1.96. The smallest absolute Gasteiger partial charge is 0.187 e. The second-order valence-corrected chi connectivity index (χ2v) is 5.91. The van der Waals surface area contributed by atoms with E-state index in [9.17, 15) is 8.78 Å². The van der Waals surface area contributed by atoms with Crippen LogP contribution < -0.4 is 0 Å². The normalized spacial score (nSPS) is 23.2. The van der Waals surface area contributed by atoms with Crippen LogP contribution in [0.15, 0.2) is 12.1 Å². The predicted octanol–water partition coefficient (Wildman–Crippen LogP) is 4.07. The first-order chi connectivity index (χ1) is 9.51. The molecular weight excluding hydrogens is 260 g/mol. The van der Waals surface area contributed by atoms with E-state index in [0.717, 1.165) is 18.8 Å². The van der Waals surface area contributed by atoms with Gasteiger partial charge in [-0.25, -0.2) is 8.78 Å². The molecule has 0 aliphatic heterocycles. The maximum atomic E-state index is 13.3. The second-order valence-electron chi connectivity index (χ2n) is 5.91. The van der Waals surface area contributed by atoms with Crippen LogP contribution in [0.5, 0.6) is 5.75 Å². The molecule has 0 unspecified atom stereocenters. The van der Waals surface area contributed by atoms with E-state index in [-0.39, 0.29) is 0 Å². The Morgan fingerprint density at radius 1 is 1.15 bits per heavy atom. The van der Waals surface area contributed by atoms with E-state index < -0.39 is 17.4 Å². The van der Waals surface area contributed by atoms with Crippen molar-refractivity contribution in [2.45, 2.75) is 51.6 Å². The number of benzene rings is 1. The van der Waals surface area contributed by atoms with Crippen molar-refractivity contribution in [2.24, 2.45) is 5.92 Å². The highest BCUT2D eigenvalue weighted by Crippen LogP contribution is 2.30. The summed E-state index contributed by atoms with van der Waals surface area (Å²) in [6, 6.07) is 2.91. The van der Waals surface area contributed by atoms with Gasteiger partial charge in [-0.1, -0.05) is 13.3 Å². The Morgan fingerprint density at radius 3 is 2.20 bits per heavy atom. The van der Waals surface area contributed by atoms with Crippen LogP contribution in [0.4, 0.5) is 8.78 Å². The molecule has 20 heavy (non-hydrogen) atoms. The minimum absolute atomic E-state index is 0.484. The molecular formula is C16H23F2NO. The number of rotatable bonds is 4. The third-order valence-electron chi connectivity index (χ3n) is 4.53. The van der Waals surface area contributed by atoms with E-state index in [0.29, 0.717) is 18.2 Å². The number of hydrogen-bond donors (Lipinski definition) is 1. The van der Waals surface area contributed by atoms with Gasteiger partial charge < -0.3 is 5.11 Å². The van der Waals surface area contributed by atoms with Gasteiger partial charge in [0.25, 0.3) is 0 Å². The van der Waals surface area contributed by atoms with Crippen molar-refractivity contribution >= 4 is 0 Å². The molecule has 4 heteroatoms. The van der Waals surface area contributed by atoms with Gasteiger partial charge in [-0.05, 0) is 56.3 Å². The van der Waals surface area contributed by atoms with Crippen molar-refractivity contribution in [3.05, 3.63) is 29.3 Å².